The fraction of sp³-hybridized carbons (Fsp3) is 0.200. The molecule has 0 radical (unpaired) electrons. The predicted molar refractivity (Wildman–Crippen MR) is 79.2 cm³/mol. The Kier molecular flexibility index (Phi) is 4.11. The number of nitrogens with two attached hydrogens (primary N) is 1. The van der Waals surface area contributed by atoms with Crippen molar-refractivity contribution in [2.45, 2.75) is 13.3 Å². The van der Waals surface area contributed by atoms with E-state index < -0.39 is 0 Å². The third-order valence-corrected chi connectivity index (χ3v) is 3.31. The van der Waals surface area contributed by atoms with E-state index in [4.69, 9.17) is 17.3 Å². The van der Waals surface area contributed by atoms with Gasteiger partial charge in [-0.05, 0) is 36.6 Å². The number of benzene rings is 2. The van der Waals surface area contributed by atoms with E-state index in [1.165, 1.54) is 5.56 Å². The number of nitrogen functional groups attached to an aromatic ring is 1. The number of nitrogens with one attached hydrogen (secondary N) is 1. The molecule has 0 aliphatic carbocycles. The second-order valence-corrected chi connectivity index (χ2v) is 4.76. The molecule has 94 valence electrons. The number of hydrogen-bond acceptors (Lipinski definition) is 2. The van der Waals surface area contributed by atoms with Gasteiger partial charge in [0.05, 0.1) is 11.4 Å². The molecule has 0 spiro atoms. The van der Waals surface area contributed by atoms with Crippen molar-refractivity contribution in [3.63, 3.8) is 0 Å². The summed E-state index contributed by atoms with van der Waals surface area (Å²) in [5, 5.41) is 4.06. The Morgan fingerprint density at radius 1 is 1.17 bits per heavy atom. The van der Waals surface area contributed by atoms with Crippen molar-refractivity contribution in [3.8, 4) is 0 Å². The second kappa shape index (κ2) is 5.78. The van der Waals surface area contributed by atoms with E-state index in [0.29, 0.717) is 10.7 Å². The van der Waals surface area contributed by atoms with Gasteiger partial charge in [0.1, 0.15) is 0 Å². The minimum atomic E-state index is 0.693. The summed E-state index contributed by atoms with van der Waals surface area (Å²) < 4.78 is 0. The zero-order valence-corrected chi connectivity index (χ0v) is 11.2. The molecule has 0 saturated carbocycles. The van der Waals surface area contributed by atoms with Crippen LogP contribution < -0.4 is 11.1 Å². The standard InChI is InChI=1S/C15H17ClN2/c1-11-9-15(14(17)10-13(11)16)18-8-7-12-5-3-2-4-6-12/h2-6,9-10,18H,7-8,17H2,1H3. The van der Waals surface area contributed by atoms with E-state index in [1.54, 1.807) is 6.07 Å². The Morgan fingerprint density at radius 2 is 1.89 bits per heavy atom. The average molecular weight is 261 g/mol. The van der Waals surface area contributed by atoms with Gasteiger partial charge in [-0.25, -0.2) is 0 Å². The van der Waals surface area contributed by atoms with Crippen molar-refractivity contribution >= 4 is 23.0 Å². The molecule has 0 fully saturated rings. The van der Waals surface area contributed by atoms with Crippen LogP contribution in [0.3, 0.4) is 0 Å². The number of aryl methyl sites for hydroxylation is 1. The highest BCUT2D eigenvalue weighted by atomic mass is 35.5. The van der Waals surface area contributed by atoms with Gasteiger partial charge in [-0.1, -0.05) is 41.9 Å². The number of anilines is 2. The van der Waals surface area contributed by atoms with Gasteiger partial charge in [0, 0.05) is 11.6 Å². The van der Waals surface area contributed by atoms with Crippen molar-refractivity contribution in [1.29, 1.82) is 0 Å². The molecule has 3 N–H and O–H groups in total. The fourth-order valence-electron chi connectivity index (χ4n) is 1.84. The summed E-state index contributed by atoms with van der Waals surface area (Å²) in [5.74, 6) is 0. The molecule has 0 heterocycles. The van der Waals surface area contributed by atoms with Crippen molar-refractivity contribution in [2.24, 2.45) is 0 Å². The van der Waals surface area contributed by atoms with Crippen LogP contribution in [-0.2, 0) is 6.42 Å². The van der Waals surface area contributed by atoms with Crippen molar-refractivity contribution in [2.75, 3.05) is 17.6 Å². The van der Waals surface area contributed by atoms with E-state index in [1.807, 2.05) is 19.1 Å². The van der Waals surface area contributed by atoms with Crippen LogP contribution in [0.4, 0.5) is 11.4 Å². The lowest BCUT2D eigenvalue weighted by Gasteiger charge is -2.11. The molecule has 0 aliphatic rings. The third kappa shape index (κ3) is 3.17. The molecule has 0 aliphatic heterocycles. The molecule has 0 bridgehead atoms. The summed E-state index contributed by atoms with van der Waals surface area (Å²) in [4.78, 5) is 0. The number of halogens is 1. The normalized spacial score (nSPS) is 10.3. The molecule has 0 saturated heterocycles. The smallest absolute Gasteiger partial charge is 0.0577 e. The molecule has 0 aromatic heterocycles. The molecular formula is C15H17ClN2. The molecule has 2 aromatic rings. The molecule has 2 aromatic carbocycles. The summed E-state index contributed by atoms with van der Waals surface area (Å²) >= 11 is 6.01. The first kappa shape index (κ1) is 12.8. The summed E-state index contributed by atoms with van der Waals surface area (Å²) in [5.41, 5.74) is 9.92. The van der Waals surface area contributed by atoms with Crippen molar-refractivity contribution in [3.05, 3.63) is 58.6 Å². The maximum atomic E-state index is 6.01. The maximum absolute atomic E-state index is 6.01. The highest BCUT2D eigenvalue weighted by Gasteiger charge is 2.03. The fourth-order valence-corrected chi connectivity index (χ4v) is 2.01. The van der Waals surface area contributed by atoms with E-state index >= 15 is 0 Å². The Bertz CT molecular complexity index is 524. The summed E-state index contributed by atoms with van der Waals surface area (Å²) in [6, 6.07) is 14.2. The first-order valence-corrected chi connectivity index (χ1v) is 6.38. The van der Waals surface area contributed by atoms with E-state index in [9.17, 15) is 0 Å². The molecule has 2 nitrogen and oxygen atoms in total. The van der Waals surface area contributed by atoms with Gasteiger partial charge in [0.25, 0.3) is 0 Å². The maximum Gasteiger partial charge on any atom is 0.0577 e. The Hall–Kier alpha value is -1.67. The van der Waals surface area contributed by atoms with Gasteiger partial charge >= 0.3 is 0 Å². The highest BCUT2D eigenvalue weighted by molar-refractivity contribution is 6.31. The van der Waals surface area contributed by atoms with Crippen LogP contribution in [0.1, 0.15) is 11.1 Å². The van der Waals surface area contributed by atoms with Crippen LogP contribution in [0, 0.1) is 6.92 Å². The van der Waals surface area contributed by atoms with Crippen LogP contribution in [0.15, 0.2) is 42.5 Å². The van der Waals surface area contributed by atoms with Crippen LogP contribution in [0.5, 0.6) is 0 Å². The number of rotatable bonds is 4. The van der Waals surface area contributed by atoms with Gasteiger partial charge in [-0.15, -0.1) is 0 Å². The van der Waals surface area contributed by atoms with E-state index in [0.717, 1.165) is 24.2 Å². The van der Waals surface area contributed by atoms with Gasteiger partial charge in [-0.2, -0.15) is 0 Å². The van der Waals surface area contributed by atoms with E-state index in [-0.39, 0.29) is 0 Å². The molecule has 3 heteroatoms. The molecular weight excluding hydrogens is 244 g/mol. The van der Waals surface area contributed by atoms with Gasteiger partial charge in [0.2, 0.25) is 0 Å². The molecule has 18 heavy (non-hydrogen) atoms. The predicted octanol–water partition coefficient (Wildman–Crippen LogP) is 3.89. The zero-order valence-electron chi connectivity index (χ0n) is 10.4. The lowest BCUT2D eigenvalue weighted by molar-refractivity contribution is 1.02. The largest absolute Gasteiger partial charge is 0.397 e. The van der Waals surface area contributed by atoms with Gasteiger partial charge in [-0.3, -0.25) is 0 Å². The number of hydrogen-bond donors (Lipinski definition) is 2. The lowest BCUT2D eigenvalue weighted by atomic mass is 10.1. The average Bonchev–Trinajstić information content (AvgIpc) is 2.37. The molecule has 0 amide bonds. The van der Waals surface area contributed by atoms with Crippen LogP contribution in [0.2, 0.25) is 5.02 Å². The monoisotopic (exact) mass is 260 g/mol. The topological polar surface area (TPSA) is 38.0 Å². The van der Waals surface area contributed by atoms with Crippen LogP contribution >= 0.6 is 11.6 Å². The Morgan fingerprint density at radius 3 is 2.61 bits per heavy atom. The Labute approximate surface area is 113 Å². The van der Waals surface area contributed by atoms with Gasteiger partial charge in [0.15, 0.2) is 0 Å². The summed E-state index contributed by atoms with van der Waals surface area (Å²) in [6.45, 7) is 2.83. The molecule has 2 rings (SSSR count). The van der Waals surface area contributed by atoms with Crippen LogP contribution in [-0.4, -0.2) is 6.54 Å². The second-order valence-electron chi connectivity index (χ2n) is 4.35. The highest BCUT2D eigenvalue weighted by Crippen LogP contribution is 2.26. The van der Waals surface area contributed by atoms with Crippen LogP contribution in [0.25, 0.3) is 0 Å². The SMILES string of the molecule is Cc1cc(NCCc2ccccc2)c(N)cc1Cl. The zero-order chi connectivity index (χ0) is 13.0. The minimum absolute atomic E-state index is 0.693. The first-order chi connectivity index (χ1) is 8.66. The van der Waals surface area contributed by atoms with Crippen molar-refractivity contribution < 1.29 is 0 Å². The quantitative estimate of drug-likeness (QED) is 0.819. The Balaban J connectivity index is 1.97. The van der Waals surface area contributed by atoms with Crippen molar-refractivity contribution in [1.82, 2.24) is 0 Å². The molecule has 0 atom stereocenters. The van der Waals surface area contributed by atoms with E-state index in [2.05, 4.69) is 29.6 Å². The van der Waals surface area contributed by atoms with Gasteiger partial charge < -0.3 is 11.1 Å². The minimum Gasteiger partial charge on any atom is -0.397 e. The third-order valence-electron chi connectivity index (χ3n) is 2.90. The summed E-state index contributed by atoms with van der Waals surface area (Å²) in [7, 11) is 0. The molecule has 0 unspecified atom stereocenters. The lowest BCUT2D eigenvalue weighted by Crippen LogP contribution is -2.07. The summed E-state index contributed by atoms with van der Waals surface area (Å²) in [6.07, 6.45) is 0.974. The first-order valence-electron chi connectivity index (χ1n) is 6.00.